The van der Waals surface area contributed by atoms with E-state index in [0.717, 1.165) is 5.56 Å². The van der Waals surface area contributed by atoms with Gasteiger partial charge in [-0.3, -0.25) is 4.79 Å². The van der Waals surface area contributed by atoms with E-state index < -0.39 is 11.7 Å². The van der Waals surface area contributed by atoms with Crippen LogP contribution >= 0.6 is 11.6 Å². The summed E-state index contributed by atoms with van der Waals surface area (Å²) in [5.41, 5.74) is 1.48. The number of benzene rings is 2. The van der Waals surface area contributed by atoms with Crippen LogP contribution in [0.2, 0.25) is 5.02 Å². The van der Waals surface area contributed by atoms with Crippen molar-refractivity contribution in [2.75, 3.05) is 13.7 Å². The highest BCUT2D eigenvalue weighted by Gasteiger charge is 2.20. The summed E-state index contributed by atoms with van der Waals surface area (Å²) >= 11 is 5.83. The van der Waals surface area contributed by atoms with Crippen LogP contribution in [0.4, 0.5) is 4.39 Å². The van der Waals surface area contributed by atoms with Crippen molar-refractivity contribution < 1.29 is 14.3 Å². The Hall–Kier alpha value is -1.91. The lowest BCUT2D eigenvalue weighted by Crippen LogP contribution is -2.37. The molecule has 0 saturated heterocycles. The fourth-order valence-corrected chi connectivity index (χ4v) is 2.15. The van der Waals surface area contributed by atoms with Crippen LogP contribution in [-0.4, -0.2) is 35.6 Å². The maximum Gasteiger partial charge on any atom is 0.256 e. The monoisotopic (exact) mass is 321 g/mol. The summed E-state index contributed by atoms with van der Waals surface area (Å²) in [6, 6.07) is 11.1. The van der Waals surface area contributed by atoms with Crippen LogP contribution in [0.3, 0.4) is 0 Å². The molecule has 22 heavy (non-hydrogen) atoms. The molecule has 1 unspecified atom stereocenters. The minimum Gasteiger partial charge on any atom is -0.394 e. The van der Waals surface area contributed by atoms with E-state index in [9.17, 15) is 9.18 Å². The van der Waals surface area contributed by atoms with Crippen molar-refractivity contribution in [3.63, 3.8) is 0 Å². The van der Waals surface area contributed by atoms with E-state index in [0.29, 0.717) is 10.6 Å². The largest absolute Gasteiger partial charge is 0.394 e. The van der Waals surface area contributed by atoms with Gasteiger partial charge in [-0.2, -0.15) is 0 Å². The molecule has 0 heterocycles. The van der Waals surface area contributed by atoms with E-state index in [2.05, 4.69) is 0 Å². The van der Waals surface area contributed by atoms with Crippen molar-refractivity contribution in [3.05, 3.63) is 58.9 Å². The van der Waals surface area contributed by atoms with Crippen molar-refractivity contribution >= 4 is 17.5 Å². The lowest BCUT2D eigenvalue weighted by molar-refractivity contribution is 0.0677. The van der Waals surface area contributed by atoms with E-state index >= 15 is 0 Å². The van der Waals surface area contributed by atoms with Crippen molar-refractivity contribution in [1.29, 1.82) is 0 Å². The molecule has 1 N–H and O–H groups in total. The third-order valence-corrected chi connectivity index (χ3v) is 3.87. The number of aliphatic hydroxyl groups excluding tert-OH is 1. The molecular formula is C17H17ClFNO2. The van der Waals surface area contributed by atoms with Gasteiger partial charge in [0.1, 0.15) is 5.82 Å². The summed E-state index contributed by atoms with van der Waals surface area (Å²) in [6.07, 6.45) is 0. The normalized spacial score (nSPS) is 12.0. The first-order chi connectivity index (χ1) is 10.4. The van der Waals surface area contributed by atoms with Gasteiger partial charge in [0.25, 0.3) is 5.91 Å². The molecule has 2 aromatic carbocycles. The molecule has 1 amide bonds. The molecule has 0 fully saturated rings. The zero-order valence-electron chi connectivity index (χ0n) is 12.4. The molecule has 0 spiro atoms. The molecule has 0 aromatic heterocycles. The van der Waals surface area contributed by atoms with Crippen LogP contribution < -0.4 is 0 Å². The molecule has 3 nitrogen and oxygen atoms in total. The van der Waals surface area contributed by atoms with Gasteiger partial charge in [-0.05, 0) is 42.3 Å². The van der Waals surface area contributed by atoms with Gasteiger partial charge in [0, 0.05) is 12.1 Å². The molecule has 116 valence electrons. The van der Waals surface area contributed by atoms with Crippen LogP contribution in [0.5, 0.6) is 0 Å². The molecule has 0 saturated carbocycles. The number of nitrogens with zero attached hydrogens (tertiary/aromatic N) is 1. The van der Waals surface area contributed by atoms with E-state index in [4.69, 9.17) is 16.7 Å². The maximum atomic E-state index is 14.3. The Labute approximate surface area is 133 Å². The third kappa shape index (κ3) is 3.46. The Balaban J connectivity index is 2.30. The summed E-state index contributed by atoms with van der Waals surface area (Å²) in [7, 11) is 1.54. The smallest absolute Gasteiger partial charge is 0.256 e. The second-order valence-electron chi connectivity index (χ2n) is 5.15. The van der Waals surface area contributed by atoms with Crippen molar-refractivity contribution in [3.8, 4) is 11.1 Å². The van der Waals surface area contributed by atoms with Crippen LogP contribution in [0, 0.1) is 5.82 Å². The maximum absolute atomic E-state index is 14.3. The van der Waals surface area contributed by atoms with Gasteiger partial charge in [0.15, 0.2) is 0 Å². The summed E-state index contributed by atoms with van der Waals surface area (Å²) in [4.78, 5) is 13.5. The van der Waals surface area contributed by atoms with Gasteiger partial charge < -0.3 is 10.0 Å². The second kappa shape index (κ2) is 6.90. The highest BCUT2D eigenvalue weighted by Crippen LogP contribution is 2.24. The molecule has 0 radical (unpaired) electrons. The number of carbonyl (C=O) groups excluding carboxylic acids is 1. The first-order valence-corrected chi connectivity index (χ1v) is 7.25. The minimum atomic E-state index is -0.588. The molecule has 0 aliphatic heterocycles. The lowest BCUT2D eigenvalue weighted by atomic mass is 10.0. The number of rotatable bonds is 4. The highest BCUT2D eigenvalue weighted by atomic mass is 35.5. The fraction of sp³-hybridized carbons (Fsp3) is 0.235. The molecular weight excluding hydrogens is 305 g/mol. The predicted molar refractivity (Wildman–Crippen MR) is 85.5 cm³/mol. The molecule has 5 heteroatoms. The zero-order chi connectivity index (χ0) is 16.3. The summed E-state index contributed by atoms with van der Waals surface area (Å²) in [6.45, 7) is 1.52. The molecule has 0 aliphatic carbocycles. The average molecular weight is 322 g/mol. The summed E-state index contributed by atoms with van der Waals surface area (Å²) in [5, 5.41) is 9.69. The van der Waals surface area contributed by atoms with Crippen LogP contribution in [0.1, 0.15) is 17.3 Å². The van der Waals surface area contributed by atoms with Crippen molar-refractivity contribution in [2.24, 2.45) is 0 Å². The first-order valence-electron chi connectivity index (χ1n) is 6.87. The van der Waals surface area contributed by atoms with Crippen LogP contribution in [0.25, 0.3) is 11.1 Å². The van der Waals surface area contributed by atoms with Gasteiger partial charge in [-0.1, -0.05) is 29.8 Å². The second-order valence-corrected chi connectivity index (χ2v) is 5.59. The fourth-order valence-electron chi connectivity index (χ4n) is 2.02. The number of amides is 1. The Morgan fingerprint density at radius 1 is 1.23 bits per heavy atom. The Morgan fingerprint density at radius 3 is 2.36 bits per heavy atom. The van der Waals surface area contributed by atoms with E-state index in [1.165, 1.54) is 24.1 Å². The number of likely N-dealkylation sites (N-methyl/N-ethyl adjacent to an activating group) is 1. The van der Waals surface area contributed by atoms with Gasteiger partial charge >= 0.3 is 0 Å². The number of halogens is 2. The first kappa shape index (κ1) is 16.5. The molecule has 0 aliphatic rings. The van der Waals surface area contributed by atoms with E-state index in [-0.39, 0.29) is 18.2 Å². The van der Waals surface area contributed by atoms with Gasteiger partial charge in [-0.25, -0.2) is 4.39 Å². The quantitative estimate of drug-likeness (QED) is 0.934. The van der Waals surface area contributed by atoms with Gasteiger partial charge in [0.2, 0.25) is 0 Å². The van der Waals surface area contributed by atoms with Gasteiger partial charge in [-0.15, -0.1) is 0 Å². The number of hydrogen-bond donors (Lipinski definition) is 1. The summed E-state index contributed by atoms with van der Waals surface area (Å²) < 4.78 is 14.3. The SMILES string of the molecule is CC(CO)N(C)C(=O)c1ccc(-c2ccc(Cl)cc2)cc1F. The average Bonchev–Trinajstić information content (AvgIpc) is 2.53. The van der Waals surface area contributed by atoms with E-state index in [1.54, 1.807) is 37.3 Å². The lowest BCUT2D eigenvalue weighted by Gasteiger charge is -2.23. The number of carbonyl (C=O) groups is 1. The highest BCUT2D eigenvalue weighted by molar-refractivity contribution is 6.30. The van der Waals surface area contributed by atoms with Crippen LogP contribution in [-0.2, 0) is 0 Å². The molecule has 1 atom stereocenters. The van der Waals surface area contributed by atoms with Crippen molar-refractivity contribution in [1.82, 2.24) is 4.90 Å². The predicted octanol–water partition coefficient (Wildman–Crippen LogP) is 3.60. The summed E-state index contributed by atoms with van der Waals surface area (Å²) in [5.74, 6) is -1.05. The van der Waals surface area contributed by atoms with Gasteiger partial charge in [0.05, 0.1) is 18.2 Å². The zero-order valence-corrected chi connectivity index (χ0v) is 13.1. The topological polar surface area (TPSA) is 40.5 Å². The Bertz CT molecular complexity index is 673. The minimum absolute atomic E-state index is 0.0134. The molecule has 2 aromatic rings. The molecule has 0 bridgehead atoms. The van der Waals surface area contributed by atoms with Crippen LogP contribution in [0.15, 0.2) is 42.5 Å². The Morgan fingerprint density at radius 2 is 1.82 bits per heavy atom. The standard InChI is InChI=1S/C17H17ClFNO2/c1-11(10-21)20(2)17(22)15-8-5-13(9-16(15)19)12-3-6-14(18)7-4-12/h3-9,11,21H,10H2,1-2H3. The number of aliphatic hydroxyl groups is 1. The number of hydrogen-bond acceptors (Lipinski definition) is 2. The van der Waals surface area contributed by atoms with E-state index in [1.807, 2.05) is 0 Å². The third-order valence-electron chi connectivity index (χ3n) is 3.62. The Kier molecular flexibility index (Phi) is 5.16. The molecule has 2 rings (SSSR count). The van der Waals surface area contributed by atoms with Crippen molar-refractivity contribution in [2.45, 2.75) is 13.0 Å².